The minimum absolute atomic E-state index is 0. The summed E-state index contributed by atoms with van der Waals surface area (Å²) in [6.07, 6.45) is 4.83. The summed E-state index contributed by atoms with van der Waals surface area (Å²) in [5.74, 6) is 0.593. The molecule has 0 heterocycles. The van der Waals surface area contributed by atoms with E-state index in [1.165, 1.54) is 19.3 Å². The van der Waals surface area contributed by atoms with E-state index in [1.807, 2.05) is 13.8 Å². The molecule has 0 aromatic carbocycles. The maximum absolute atomic E-state index is 3.97. The quantitative estimate of drug-likeness (QED) is 0.468. The molecule has 0 aromatic rings. The molecule has 0 amide bonds. The maximum atomic E-state index is 3.97. The average Bonchev–Trinajstić information content (AvgIpc) is 2.16. The van der Waals surface area contributed by atoms with E-state index >= 15 is 0 Å². The molecule has 0 rings (SSSR count). The van der Waals surface area contributed by atoms with Crippen molar-refractivity contribution in [2.75, 3.05) is 13.1 Å². The van der Waals surface area contributed by atoms with Crippen molar-refractivity contribution < 1.29 is 0 Å². The molecule has 82 valence electrons. The van der Waals surface area contributed by atoms with Gasteiger partial charge in [-0.15, -0.1) is 0 Å². The van der Waals surface area contributed by atoms with E-state index in [-0.39, 0.29) is 17.4 Å². The van der Waals surface area contributed by atoms with Crippen molar-refractivity contribution >= 4 is 17.4 Å². The van der Waals surface area contributed by atoms with Gasteiger partial charge in [-0.1, -0.05) is 40.0 Å². The van der Waals surface area contributed by atoms with Crippen molar-refractivity contribution in [3.8, 4) is 0 Å². The number of rotatable bonds is 6. The molecule has 0 N–H and O–H groups in total. The van der Waals surface area contributed by atoms with Crippen LogP contribution in [0.5, 0.6) is 0 Å². The molecule has 0 aliphatic carbocycles. The molecule has 0 saturated heterocycles. The molecule has 0 spiro atoms. The number of hydrogen-bond donors (Lipinski definition) is 0. The summed E-state index contributed by atoms with van der Waals surface area (Å²) in [6, 6.07) is 0. The van der Waals surface area contributed by atoms with Gasteiger partial charge in [-0.3, -0.25) is 0 Å². The van der Waals surface area contributed by atoms with Gasteiger partial charge in [-0.2, -0.15) is 19.0 Å². The smallest absolute Gasteiger partial charge is 0.663 e. The second-order valence-electron chi connectivity index (χ2n) is 3.15. The van der Waals surface area contributed by atoms with Gasteiger partial charge in [-0.05, 0) is 0 Å². The average molecular weight is 211 g/mol. The summed E-state index contributed by atoms with van der Waals surface area (Å²) in [7, 11) is 0. The first-order valence-corrected chi connectivity index (χ1v) is 5.48. The predicted molar refractivity (Wildman–Crippen MR) is 68.5 cm³/mol. The van der Waals surface area contributed by atoms with Crippen LogP contribution < -0.4 is 0 Å². The minimum Gasteiger partial charge on any atom is -0.663 e. The predicted octanol–water partition coefficient (Wildman–Crippen LogP) is 3.87. The van der Waals surface area contributed by atoms with Gasteiger partial charge in [0.15, 0.2) is 0 Å². The van der Waals surface area contributed by atoms with Gasteiger partial charge in [0.05, 0.1) is 0 Å². The Morgan fingerprint density at radius 2 is 1.64 bits per heavy atom. The van der Waals surface area contributed by atoms with Crippen LogP contribution in [0.2, 0.25) is 0 Å². The molecule has 1 unspecified atom stereocenters. The third-order valence-electron chi connectivity index (χ3n) is 1.82. The van der Waals surface area contributed by atoms with E-state index in [0.717, 1.165) is 19.5 Å². The number of hydrogen-bond acceptors (Lipinski definition) is 0. The first-order valence-electron chi connectivity index (χ1n) is 5.48. The molecule has 2 heteroatoms. The monoisotopic (exact) mass is 211 g/mol. The number of unbranched alkanes of at least 4 members (excludes halogenated alkanes) is 1. The van der Waals surface area contributed by atoms with Crippen LogP contribution in [0.1, 0.15) is 46.5 Å². The van der Waals surface area contributed by atoms with Gasteiger partial charge in [0.25, 0.3) is 0 Å². The van der Waals surface area contributed by atoms with Crippen LogP contribution in [0.3, 0.4) is 0 Å². The summed E-state index contributed by atoms with van der Waals surface area (Å²) in [5.41, 5.74) is 0. The zero-order chi connectivity index (χ0) is 10.5. The molecule has 0 aliphatic heterocycles. The molecule has 1 nitrogen and oxygen atoms in total. The molecular formula is C12H26AlN. The fraction of sp³-hybridized carbons (Fsp3) is 0.833. The van der Waals surface area contributed by atoms with Crippen molar-refractivity contribution in [2.24, 2.45) is 5.92 Å². The molecule has 0 radical (unpaired) electrons. The van der Waals surface area contributed by atoms with Crippen LogP contribution in [0, 0.1) is 19.8 Å². The van der Waals surface area contributed by atoms with E-state index in [9.17, 15) is 0 Å². The third kappa shape index (κ3) is 22.9. The van der Waals surface area contributed by atoms with Gasteiger partial charge in [0.2, 0.25) is 0 Å². The largest absolute Gasteiger partial charge is 3.00 e. The zero-order valence-electron chi connectivity index (χ0n) is 10.3. The van der Waals surface area contributed by atoms with Crippen LogP contribution in [0.25, 0.3) is 5.32 Å². The first-order chi connectivity index (χ1) is 6.22. The molecule has 0 aromatic heterocycles. The Kier molecular flexibility index (Phi) is 27.3. The third-order valence-corrected chi connectivity index (χ3v) is 1.82. The van der Waals surface area contributed by atoms with Crippen molar-refractivity contribution in [1.29, 1.82) is 0 Å². The summed E-state index contributed by atoms with van der Waals surface area (Å²) in [5, 5.41) is 3.97. The molecular weight excluding hydrogens is 185 g/mol. The van der Waals surface area contributed by atoms with Crippen molar-refractivity contribution in [3.05, 3.63) is 19.2 Å². The minimum atomic E-state index is 0. The Morgan fingerprint density at radius 3 is 1.86 bits per heavy atom. The Balaban J connectivity index is -0.000000177. The molecule has 0 fully saturated rings. The van der Waals surface area contributed by atoms with E-state index < -0.39 is 0 Å². The van der Waals surface area contributed by atoms with Crippen LogP contribution in [0.4, 0.5) is 0 Å². The Bertz CT molecular complexity index is 74.7. The van der Waals surface area contributed by atoms with Gasteiger partial charge < -0.3 is 19.2 Å². The second kappa shape index (κ2) is 19.1. The van der Waals surface area contributed by atoms with E-state index in [4.69, 9.17) is 0 Å². The Labute approximate surface area is 102 Å². The van der Waals surface area contributed by atoms with Crippen LogP contribution >= 0.6 is 0 Å². The summed E-state index contributed by atoms with van der Waals surface area (Å²) in [4.78, 5) is 0. The van der Waals surface area contributed by atoms with Crippen LogP contribution in [-0.4, -0.2) is 30.5 Å². The fourth-order valence-corrected chi connectivity index (χ4v) is 0.861. The normalized spacial score (nSPS) is 10.9. The van der Waals surface area contributed by atoms with Crippen molar-refractivity contribution in [3.63, 3.8) is 0 Å². The summed E-state index contributed by atoms with van der Waals surface area (Å²) < 4.78 is 0. The maximum Gasteiger partial charge on any atom is 3.00 e. The molecule has 1 atom stereocenters. The van der Waals surface area contributed by atoms with Crippen LogP contribution in [0.15, 0.2) is 0 Å². The molecule has 0 aliphatic rings. The molecule has 0 saturated carbocycles. The van der Waals surface area contributed by atoms with Gasteiger partial charge >= 0.3 is 17.4 Å². The standard InChI is InChI=1S/C8H16.C4H10N.Al/c1-4-6-7-8(3)5-2;1-3-5-4-2;/h8H,2-7H2,1H3;3-4H2,1-2H3;/q-2;-1;+3. The SMILES string of the molecule is CC[N-]CC.[Al+3].[CH2-]CC([CH2-])CCCC. The fourth-order valence-electron chi connectivity index (χ4n) is 0.861. The first kappa shape index (κ1) is 20.0. The summed E-state index contributed by atoms with van der Waals surface area (Å²) >= 11 is 0. The van der Waals surface area contributed by atoms with Crippen LogP contribution in [-0.2, 0) is 0 Å². The summed E-state index contributed by atoms with van der Waals surface area (Å²) in [6.45, 7) is 15.9. The molecule has 14 heavy (non-hydrogen) atoms. The van der Waals surface area contributed by atoms with Gasteiger partial charge in [0.1, 0.15) is 0 Å². The van der Waals surface area contributed by atoms with Crippen molar-refractivity contribution in [2.45, 2.75) is 46.5 Å². The Morgan fingerprint density at radius 1 is 1.14 bits per heavy atom. The van der Waals surface area contributed by atoms with Gasteiger partial charge in [0, 0.05) is 0 Å². The zero-order valence-corrected chi connectivity index (χ0v) is 11.4. The topological polar surface area (TPSA) is 14.1 Å². The van der Waals surface area contributed by atoms with Gasteiger partial charge in [-0.25, -0.2) is 6.42 Å². The van der Waals surface area contributed by atoms with E-state index in [2.05, 4.69) is 26.1 Å². The number of nitrogens with zero attached hydrogens (tertiary/aromatic N) is 1. The Hall–Kier alpha value is 0.492. The second-order valence-corrected chi connectivity index (χ2v) is 3.15. The van der Waals surface area contributed by atoms with E-state index in [0.29, 0.717) is 5.92 Å². The van der Waals surface area contributed by atoms with Crippen molar-refractivity contribution in [1.82, 2.24) is 0 Å². The van der Waals surface area contributed by atoms with E-state index in [1.54, 1.807) is 0 Å². The molecule has 0 bridgehead atoms.